The highest BCUT2D eigenvalue weighted by Crippen LogP contribution is 2.43. The second-order valence-electron chi connectivity index (χ2n) is 6.27. The van der Waals surface area contributed by atoms with Gasteiger partial charge in [0.05, 0.1) is 10.6 Å². The fourth-order valence-electron chi connectivity index (χ4n) is 2.89. The van der Waals surface area contributed by atoms with Crippen molar-refractivity contribution in [2.24, 2.45) is 0 Å². The molecule has 2 aliphatic rings. The molecular formula is C16H19N3O2S. The summed E-state index contributed by atoms with van der Waals surface area (Å²) in [5, 5.41) is 12.3. The van der Waals surface area contributed by atoms with Crippen LogP contribution in [0.2, 0.25) is 0 Å². The molecule has 116 valence electrons. The molecule has 1 amide bonds. The van der Waals surface area contributed by atoms with Crippen molar-refractivity contribution >= 4 is 23.1 Å². The number of aryl methyl sites for hydroxylation is 1. The van der Waals surface area contributed by atoms with Gasteiger partial charge in [0.2, 0.25) is 5.88 Å². The molecule has 4 rings (SSSR count). The topological polar surface area (TPSA) is 67.2 Å². The minimum Gasteiger partial charge on any atom is -0.338 e. The van der Waals surface area contributed by atoms with Crippen molar-refractivity contribution in [1.82, 2.24) is 10.5 Å². The zero-order chi connectivity index (χ0) is 15.1. The van der Waals surface area contributed by atoms with E-state index in [9.17, 15) is 4.79 Å². The molecule has 2 atom stereocenters. The molecular weight excluding hydrogens is 298 g/mol. The molecule has 5 nitrogen and oxygen atoms in total. The van der Waals surface area contributed by atoms with Crippen LogP contribution < -0.4 is 10.6 Å². The number of amides is 1. The second kappa shape index (κ2) is 5.52. The van der Waals surface area contributed by atoms with Crippen molar-refractivity contribution in [3.8, 4) is 0 Å². The van der Waals surface area contributed by atoms with Crippen LogP contribution in [0, 0.1) is 6.92 Å². The molecule has 0 spiro atoms. The minimum absolute atomic E-state index is 0.128. The van der Waals surface area contributed by atoms with Crippen LogP contribution in [-0.2, 0) is 0 Å². The summed E-state index contributed by atoms with van der Waals surface area (Å²) in [7, 11) is 0. The van der Waals surface area contributed by atoms with Crippen molar-refractivity contribution in [2.75, 3.05) is 5.32 Å². The molecule has 2 unspecified atom stereocenters. The Morgan fingerprint density at radius 2 is 2.27 bits per heavy atom. The van der Waals surface area contributed by atoms with Crippen molar-refractivity contribution in [2.45, 2.75) is 50.6 Å². The van der Waals surface area contributed by atoms with E-state index in [1.54, 1.807) is 6.07 Å². The van der Waals surface area contributed by atoms with Gasteiger partial charge in [0.15, 0.2) is 0 Å². The number of anilines is 1. The number of aromatic nitrogens is 1. The largest absolute Gasteiger partial charge is 0.338 e. The van der Waals surface area contributed by atoms with Crippen LogP contribution in [0.25, 0.3) is 0 Å². The van der Waals surface area contributed by atoms with Crippen LogP contribution in [0.1, 0.15) is 52.5 Å². The Morgan fingerprint density at radius 3 is 2.95 bits per heavy atom. The maximum atomic E-state index is 12.2. The summed E-state index contributed by atoms with van der Waals surface area (Å²) in [5.41, 5.74) is 2.03. The first-order valence-electron chi connectivity index (χ1n) is 7.78. The van der Waals surface area contributed by atoms with Crippen molar-refractivity contribution in [3.05, 3.63) is 33.6 Å². The smallest absolute Gasteiger partial charge is 0.268 e. The molecule has 2 aliphatic carbocycles. The Labute approximate surface area is 133 Å². The third-order valence-corrected chi connectivity index (χ3v) is 5.43. The maximum absolute atomic E-state index is 12.2. The number of hydrogen-bond acceptors (Lipinski definition) is 5. The molecule has 0 aliphatic heterocycles. The summed E-state index contributed by atoms with van der Waals surface area (Å²) >= 11 is 1.49. The number of hydrogen-bond donors (Lipinski definition) is 2. The summed E-state index contributed by atoms with van der Waals surface area (Å²) in [6.07, 6.45) is 5.18. The average molecular weight is 317 g/mol. The SMILES string of the molecule is Cc1cc(NC(=O)c2cc(C3CC3NC3CCC3)cs2)on1. The Balaban J connectivity index is 1.36. The van der Waals surface area contributed by atoms with Gasteiger partial charge < -0.3 is 9.84 Å². The first-order chi connectivity index (χ1) is 10.7. The molecule has 22 heavy (non-hydrogen) atoms. The Morgan fingerprint density at radius 1 is 1.41 bits per heavy atom. The van der Waals surface area contributed by atoms with Crippen molar-refractivity contribution < 1.29 is 9.32 Å². The molecule has 2 fully saturated rings. The van der Waals surface area contributed by atoms with E-state index in [1.165, 1.54) is 42.6 Å². The van der Waals surface area contributed by atoms with Crippen molar-refractivity contribution in [1.29, 1.82) is 0 Å². The first kappa shape index (κ1) is 14.0. The molecule has 0 radical (unpaired) electrons. The van der Waals surface area contributed by atoms with Gasteiger partial charge in [-0.25, -0.2) is 0 Å². The van der Waals surface area contributed by atoms with Crippen LogP contribution in [-0.4, -0.2) is 23.1 Å². The van der Waals surface area contributed by atoms with Gasteiger partial charge in [0.1, 0.15) is 0 Å². The van der Waals surface area contributed by atoms with Gasteiger partial charge >= 0.3 is 0 Å². The third-order valence-electron chi connectivity index (χ3n) is 4.48. The second-order valence-corrected chi connectivity index (χ2v) is 7.19. The van der Waals surface area contributed by atoms with Crippen LogP contribution >= 0.6 is 11.3 Å². The van der Waals surface area contributed by atoms with E-state index in [2.05, 4.69) is 21.2 Å². The standard InChI is InChI=1S/C16H19N3O2S/c1-9-5-15(21-19-9)18-16(20)14-6-10(8-22-14)12-7-13(12)17-11-3-2-4-11/h5-6,8,11-13,17H,2-4,7H2,1H3,(H,18,20). The monoisotopic (exact) mass is 317 g/mol. The lowest BCUT2D eigenvalue weighted by Gasteiger charge is -2.26. The van der Waals surface area contributed by atoms with Crippen LogP contribution in [0.4, 0.5) is 5.88 Å². The number of carbonyl (C=O) groups excluding carboxylic acids is 1. The van der Waals surface area contributed by atoms with Gasteiger partial charge in [-0.3, -0.25) is 10.1 Å². The average Bonchev–Trinajstić information content (AvgIpc) is 2.84. The normalized spacial score (nSPS) is 24.0. The zero-order valence-electron chi connectivity index (χ0n) is 12.5. The predicted molar refractivity (Wildman–Crippen MR) is 85.4 cm³/mol. The van der Waals surface area contributed by atoms with E-state index in [0.29, 0.717) is 17.8 Å². The summed E-state index contributed by atoms with van der Waals surface area (Å²) in [6, 6.07) is 5.06. The van der Waals surface area contributed by atoms with E-state index < -0.39 is 0 Å². The van der Waals surface area contributed by atoms with E-state index in [1.807, 2.05) is 13.0 Å². The number of nitrogens with one attached hydrogen (secondary N) is 2. The lowest BCUT2D eigenvalue weighted by Crippen LogP contribution is -2.37. The molecule has 2 aromatic rings. The number of rotatable bonds is 5. The molecule has 2 saturated carbocycles. The molecule has 6 heteroatoms. The molecule has 2 heterocycles. The first-order valence-corrected chi connectivity index (χ1v) is 8.66. The molecule has 0 saturated heterocycles. The summed E-state index contributed by atoms with van der Waals surface area (Å²) in [5.74, 6) is 0.843. The van der Waals surface area contributed by atoms with E-state index >= 15 is 0 Å². The fraction of sp³-hybridized carbons (Fsp3) is 0.500. The highest BCUT2D eigenvalue weighted by Gasteiger charge is 2.40. The van der Waals surface area contributed by atoms with Crippen LogP contribution in [0.15, 0.2) is 22.0 Å². The third kappa shape index (κ3) is 2.80. The maximum Gasteiger partial charge on any atom is 0.268 e. The number of carbonyl (C=O) groups is 1. The highest BCUT2D eigenvalue weighted by molar-refractivity contribution is 7.12. The van der Waals surface area contributed by atoms with Crippen LogP contribution in [0.5, 0.6) is 0 Å². The van der Waals surface area contributed by atoms with E-state index in [-0.39, 0.29) is 5.91 Å². The van der Waals surface area contributed by atoms with Gasteiger partial charge in [0.25, 0.3) is 5.91 Å². The molecule has 0 bridgehead atoms. The minimum atomic E-state index is -0.128. The molecule has 0 aromatic carbocycles. The summed E-state index contributed by atoms with van der Waals surface area (Å²) < 4.78 is 5.02. The zero-order valence-corrected chi connectivity index (χ0v) is 13.3. The van der Waals surface area contributed by atoms with Gasteiger partial charge in [-0.1, -0.05) is 11.6 Å². The van der Waals surface area contributed by atoms with Gasteiger partial charge in [-0.2, -0.15) is 0 Å². The highest BCUT2D eigenvalue weighted by atomic mass is 32.1. The number of nitrogens with zero attached hydrogens (tertiary/aromatic N) is 1. The van der Waals surface area contributed by atoms with Crippen LogP contribution in [0.3, 0.4) is 0 Å². The van der Waals surface area contributed by atoms with Gasteiger partial charge in [-0.05, 0) is 43.2 Å². The Kier molecular flexibility index (Phi) is 3.50. The molecule has 2 aromatic heterocycles. The predicted octanol–water partition coefficient (Wildman–Crippen LogP) is 3.29. The Hall–Kier alpha value is -1.66. The van der Waals surface area contributed by atoms with Gasteiger partial charge in [0, 0.05) is 24.1 Å². The number of thiophene rings is 1. The fourth-order valence-corrected chi connectivity index (χ4v) is 3.75. The van der Waals surface area contributed by atoms with E-state index in [0.717, 1.165) is 16.6 Å². The summed E-state index contributed by atoms with van der Waals surface area (Å²) in [6.45, 7) is 1.82. The lowest BCUT2D eigenvalue weighted by atomic mass is 9.93. The van der Waals surface area contributed by atoms with E-state index in [4.69, 9.17) is 4.52 Å². The lowest BCUT2D eigenvalue weighted by molar-refractivity contribution is 0.102. The van der Waals surface area contributed by atoms with Gasteiger partial charge in [-0.15, -0.1) is 11.3 Å². The quantitative estimate of drug-likeness (QED) is 0.888. The molecule has 2 N–H and O–H groups in total. The summed E-state index contributed by atoms with van der Waals surface area (Å²) in [4.78, 5) is 12.9. The van der Waals surface area contributed by atoms with Crippen molar-refractivity contribution in [3.63, 3.8) is 0 Å². The Bertz CT molecular complexity index is 689.